The molecular weight excluding hydrogens is 400 g/mol. The fraction of sp³-hybridized carbons (Fsp3) is 0.125. The molecule has 136 valence electrons. The van der Waals surface area contributed by atoms with Crippen LogP contribution in [0, 0.1) is 0 Å². The summed E-state index contributed by atoms with van der Waals surface area (Å²) in [7, 11) is -3.91. The molecule has 0 saturated carbocycles. The number of anilines is 1. The Hall–Kier alpha value is -2.36. The largest absolute Gasteiger partial charge is 0.462 e. The fourth-order valence-electron chi connectivity index (χ4n) is 2.15. The summed E-state index contributed by atoms with van der Waals surface area (Å²) in [6.07, 6.45) is 0. The van der Waals surface area contributed by atoms with Gasteiger partial charge in [-0.15, -0.1) is 11.3 Å². The second-order valence-corrected chi connectivity index (χ2v) is 8.29. The molecule has 3 rings (SSSR count). The fourth-order valence-corrected chi connectivity index (χ4v) is 4.26. The standard InChI is InChI=1S/C16H13ClN2O5S2/c1-2-23-16(20)13-14(10-5-7-11(17)8-6-10)18-24-15(13)19-26(21,22)12-4-3-9-25-12/h3-9,19H,2H2,1H3. The highest BCUT2D eigenvalue weighted by molar-refractivity contribution is 7.94. The van der Waals surface area contributed by atoms with Crippen LogP contribution < -0.4 is 4.72 Å². The zero-order chi connectivity index (χ0) is 18.7. The van der Waals surface area contributed by atoms with E-state index in [4.69, 9.17) is 20.9 Å². The third-order valence-corrected chi connectivity index (χ3v) is 6.26. The van der Waals surface area contributed by atoms with Crippen LogP contribution in [0.5, 0.6) is 0 Å². The molecule has 0 bridgehead atoms. The van der Waals surface area contributed by atoms with Gasteiger partial charge < -0.3 is 9.26 Å². The molecule has 0 aliphatic carbocycles. The lowest BCUT2D eigenvalue weighted by Crippen LogP contribution is -2.15. The Morgan fingerprint density at radius 2 is 2.04 bits per heavy atom. The summed E-state index contributed by atoms with van der Waals surface area (Å²) in [5.41, 5.74) is 0.584. The van der Waals surface area contributed by atoms with Gasteiger partial charge in [0.15, 0.2) is 5.56 Å². The lowest BCUT2D eigenvalue weighted by atomic mass is 10.1. The van der Waals surface area contributed by atoms with Gasteiger partial charge in [0.2, 0.25) is 0 Å². The smallest absolute Gasteiger partial charge is 0.346 e. The maximum absolute atomic E-state index is 12.4. The Kier molecular flexibility index (Phi) is 5.30. The molecule has 2 heterocycles. The summed E-state index contributed by atoms with van der Waals surface area (Å²) in [6.45, 7) is 1.75. The molecule has 10 heteroatoms. The van der Waals surface area contributed by atoms with Crippen molar-refractivity contribution in [3.8, 4) is 11.3 Å². The van der Waals surface area contributed by atoms with Gasteiger partial charge in [0.05, 0.1) is 6.61 Å². The van der Waals surface area contributed by atoms with E-state index in [1.165, 1.54) is 6.07 Å². The Labute approximate surface area is 158 Å². The van der Waals surface area contributed by atoms with Crippen LogP contribution in [-0.4, -0.2) is 26.2 Å². The molecule has 3 aromatic rings. The van der Waals surface area contributed by atoms with Crippen LogP contribution in [0.3, 0.4) is 0 Å². The minimum absolute atomic E-state index is 0.0803. The quantitative estimate of drug-likeness (QED) is 0.613. The van der Waals surface area contributed by atoms with Crippen molar-refractivity contribution in [1.82, 2.24) is 5.16 Å². The number of esters is 1. The first-order valence-electron chi connectivity index (χ1n) is 7.41. The third-order valence-electron chi connectivity index (χ3n) is 3.28. The van der Waals surface area contributed by atoms with Crippen molar-refractivity contribution in [2.75, 3.05) is 11.3 Å². The van der Waals surface area contributed by atoms with Gasteiger partial charge >= 0.3 is 5.97 Å². The van der Waals surface area contributed by atoms with Crippen LogP contribution in [0.25, 0.3) is 11.3 Å². The van der Waals surface area contributed by atoms with Crippen molar-refractivity contribution in [2.45, 2.75) is 11.1 Å². The van der Waals surface area contributed by atoms with Gasteiger partial charge in [-0.2, -0.15) is 0 Å². The van der Waals surface area contributed by atoms with Crippen molar-refractivity contribution in [3.05, 3.63) is 52.4 Å². The van der Waals surface area contributed by atoms with Crippen molar-refractivity contribution < 1.29 is 22.5 Å². The summed E-state index contributed by atoms with van der Waals surface area (Å²) >= 11 is 6.91. The predicted molar refractivity (Wildman–Crippen MR) is 98.0 cm³/mol. The molecule has 0 aliphatic rings. The van der Waals surface area contributed by atoms with Crippen molar-refractivity contribution in [1.29, 1.82) is 0 Å². The van der Waals surface area contributed by atoms with Gasteiger partial charge in [-0.3, -0.25) is 0 Å². The molecule has 1 N–H and O–H groups in total. The second-order valence-electron chi connectivity index (χ2n) is 5.00. The number of thiophene rings is 1. The lowest BCUT2D eigenvalue weighted by molar-refractivity contribution is 0.0528. The first-order valence-corrected chi connectivity index (χ1v) is 10.2. The van der Waals surface area contributed by atoms with Gasteiger partial charge in [-0.1, -0.05) is 35.0 Å². The summed E-state index contributed by atoms with van der Waals surface area (Å²) in [4.78, 5) is 12.4. The number of ether oxygens (including phenoxy) is 1. The van der Waals surface area contributed by atoms with E-state index < -0.39 is 16.0 Å². The highest BCUT2D eigenvalue weighted by atomic mass is 35.5. The van der Waals surface area contributed by atoms with Crippen LogP contribution in [-0.2, 0) is 14.8 Å². The Bertz CT molecular complexity index is 1010. The minimum atomic E-state index is -3.91. The van der Waals surface area contributed by atoms with E-state index >= 15 is 0 Å². The van der Waals surface area contributed by atoms with Gasteiger partial charge in [-0.05, 0) is 30.5 Å². The van der Waals surface area contributed by atoms with Crippen LogP contribution in [0.1, 0.15) is 17.3 Å². The SMILES string of the molecule is CCOC(=O)c1c(-c2ccc(Cl)cc2)noc1NS(=O)(=O)c1cccs1. The van der Waals surface area contributed by atoms with Crippen LogP contribution in [0.15, 0.2) is 50.5 Å². The molecule has 0 saturated heterocycles. The number of benzene rings is 1. The predicted octanol–water partition coefficient (Wildman–Crippen LogP) is 4.03. The summed E-state index contributed by atoms with van der Waals surface area (Å²) < 4.78 is 37.3. The molecule has 0 spiro atoms. The number of carbonyl (C=O) groups is 1. The normalized spacial score (nSPS) is 11.3. The van der Waals surface area contributed by atoms with E-state index in [0.29, 0.717) is 10.6 Å². The number of carbonyl (C=O) groups excluding carboxylic acids is 1. The van der Waals surface area contributed by atoms with Crippen LogP contribution in [0.2, 0.25) is 5.02 Å². The lowest BCUT2D eigenvalue weighted by Gasteiger charge is -2.06. The number of hydrogen-bond donors (Lipinski definition) is 1. The van der Waals surface area contributed by atoms with E-state index in [1.807, 2.05) is 0 Å². The molecule has 0 unspecified atom stereocenters. The number of hydrogen-bond acceptors (Lipinski definition) is 7. The van der Waals surface area contributed by atoms with Gasteiger partial charge in [0.25, 0.3) is 15.9 Å². The number of sulfonamides is 1. The maximum atomic E-state index is 12.4. The topological polar surface area (TPSA) is 98.5 Å². The maximum Gasteiger partial charge on any atom is 0.346 e. The van der Waals surface area contributed by atoms with Gasteiger partial charge in [0.1, 0.15) is 9.90 Å². The Morgan fingerprint density at radius 1 is 1.31 bits per heavy atom. The molecular formula is C16H13ClN2O5S2. The van der Waals surface area contributed by atoms with E-state index in [1.54, 1.807) is 42.6 Å². The monoisotopic (exact) mass is 412 g/mol. The van der Waals surface area contributed by atoms with E-state index in [2.05, 4.69) is 9.88 Å². The van der Waals surface area contributed by atoms with Crippen LogP contribution >= 0.6 is 22.9 Å². The van der Waals surface area contributed by atoms with E-state index in [9.17, 15) is 13.2 Å². The minimum Gasteiger partial charge on any atom is -0.462 e. The molecule has 0 atom stereocenters. The Morgan fingerprint density at radius 3 is 2.65 bits per heavy atom. The Balaban J connectivity index is 2.05. The first-order chi connectivity index (χ1) is 12.4. The number of nitrogens with one attached hydrogen (secondary N) is 1. The van der Waals surface area contributed by atoms with Gasteiger partial charge in [-0.25, -0.2) is 17.9 Å². The van der Waals surface area contributed by atoms with E-state index in [0.717, 1.165) is 11.3 Å². The number of halogens is 1. The molecule has 2 aromatic heterocycles. The van der Waals surface area contributed by atoms with Gasteiger partial charge in [0, 0.05) is 10.6 Å². The zero-order valence-electron chi connectivity index (χ0n) is 13.4. The molecule has 0 fully saturated rings. The van der Waals surface area contributed by atoms with Crippen molar-refractivity contribution in [2.24, 2.45) is 0 Å². The molecule has 1 aromatic carbocycles. The average molecular weight is 413 g/mol. The number of rotatable bonds is 6. The molecule has 0 radical (unpaired) electrons. The molecule has 7 nitrogen and oxygen atoms in total. The molecule has 0 aliphatic heterocycles. The molecule has 26 heavy (non-hydrogen) atoms. The molecule has 0 amide bonds. The summed E-state index contributed by atoms with van der Waals surface area (Å²) in [5.74, 6) is -1.05. The third kappa shape index (κ3) is 3.74. The summed E-state index contributed by atoms with van der Waals surface area (Å²) in [6, 6.07) is 9.56. The van der Waals surface area contributed by atoms with Crippen LogP contribution in [0.4, 0.5) is 5.88 Å². The first kappa shape index (κ1) is 18.4. The van der Waals surface area contributed by atoms with E-state index in [-0.39, 0.29) is 28.0 Å². The highest BCUT2D eigenvalue weighted by Crippen LogP contribution is 2.32. The highest BCUT2D eigenvalue weighted by Gasteiger charge is 2.29. The van der Waals surface area contributed by atoms with Crippen molar-refractivity contribution >= 4 is 44.8 Å². The average Bonchev–Trinajstić information content (AvgIpc) is 3.25. The number of aromatic nitrogens is 1. The zero-order valence-corrected chi connectivity index (χ0v) is 15.8. The summed E-state index contributed by atoms with van der Waals surface area (Å²) in [5, 5.41) is 5.98. The van der Waals surface area contributed by atoms with Crippen molar-refractivity contribution in [3.63, 3.8) is 0 Å². The number of nitrogens with zero attached hydrogens (tertiary/aromatic N) is 1. The second kappa shape index (κ2) is 7.48.